The van der Waals surface area contributed by atoms with Crippen LogP contribution >= 0.6 is 0 Å². The summed E-state index contributed by atoms with van der Waals surface area (Å²) in [5, 5.41) is 53.7. The molecule has 0 bridgehead atoms. The standard InChI is InChI=1S/C32H63NO8/c1-3-5-7-9-11-13-14-15-17-19-21-26(35)25(33-28(36)22-20-18-16-12-10-8-6-4-2)24-40-32-31(39)30(38)29(37)27(23-34)41-32/h25-27,29-32,34-35,37-39H,3-24H2,1-2H3,(H,33,36)/t25-,26+,27+,29+,30?,31?,32+/m0/s1. The van der Waals surface area contributed by atoms with Gasteiger partial charge in [0, 0.05) is 6.42 Å². The Morgan fingerprint density at radius 1 is 0.732 bits per heavy atom. The van der Waals surface area contributed by atoms with E-state index in [-0.39, 0.29) is 12.5 Å². The van der Waals surface area contributed by atoms with Gasteiger partial charge in [0.1, 0.15) is 24.4 Å². The molecule has 0 saturated carbocycles. The molecule has 1 amide bonds. The minimum absolute atomic E-state index is 0.134. The van der Waals surface area contributed by atoms with Crippen molar-refractivity contribution in [3.8, 4) is 0 Å². The molecule has 0 aromatic carbocycles. The number of hydrogen-bond acceptors (Lipinski definition) is 8. The van der Waals surface area contributed by atoms with Crippen molar-refractivity contribution in [1.29, 1.82) is 0 Å². The Hall–Kier alpha value is -0.810. The molecule has 1 aliphatic rings. The van der Waals surface area contributed by atoms with Crippen molar-refractivity contribution in [3.63, 3.8) is 0 Å². The summed E-state index contributed by atoms with van der Waals surface area (Å²) in [4.78, 5) is 12.7. The first-order chi connectivity index (χ1) is 19.8. The Kier molecular flexibility index (Phi) is 22.9. The minimum atomic E-state index is -1.54. The Labute approximate surface area is 249 Å². The fraction of sp³-hybridized carbons (Fsp3) is 0.969. The van der Waals surface area contributed by atoms with Crippen LogP contribution in [0.15, 0.2) is 0 Å². The van der Waals surface area contributed by atoms with Crippen molar-refractivity contribution >= 4 is 5.91 Å². The van der Waals surface area contributed by atoms with Crippen LogP contribution in [-0.2, 0) is 14.3 Å². The predicted octanol–water partition coefficient (Wildman–Crippen LogP) is 4.49. The number of hydrogen-bond donors (Lipinski definition) is 6. The summed E-state index contributed by atoms with van der Waals surface area (Å²) in [6.07, 6.45) is 14.1. The van der Waals surface area contributed by atoms with Crippen molar-refractivity contribution in [3.05, 3.63) is 0 Å². The normalized spacial score (nSPS) is 24.3. The molecule has 244 valence electrons. The van der Waals surface area contributed by atoms with Gasteiger partial charge in [-0.1, -0.05) is 123 Å². The molecule has 9 nitrogen and oxygen atoms in total. The molecule has 1 heterocycles. The number of ether oxygens (including phenoxy) is 2. The van der Waals surface area contributed by atoms with E-state index in [4.69, 9.17) is 9.47 Å². The lowest BCUT2D eigenvalue weighted by atomic mass is 9.99. The predicted molar refractivity (Wildman–Crippen MR) is 161 cm³/mol. The van der Waals surface area contributed by atoms with Gasteiger partial charge in [-0.05, 0) is 12.8 Å². The molecule has 0 radical (unpaired) electrons. The lowest BCUT2D eigenvalue weighted by Crippen LogP contribution is -2.60. The number of unbranched alkanes of at least 4 members (excludes halogenated alkanes) is 16. The molecule has 0 aliphatic carbocycles. The summed E-state index contributed by atoms with van der Waals surface area (Å²) in [5.74, 6) is -0.152. The van der Waals surface area contributed by atoms with Gasteiger partial charge >= 0.3 is 0 Å². The first-order valence-corrected chi connectivity index (χ1v) is 16.7. The average Bonchev–Trinajstić information content (AvgIpc) is 2.97. The fourth-order valence-electron chi connectivity index (χ4n) is 5.39. The number of carbonyl (C=O) groups is 1. The van der Waals surface area contributed by atoms with Crippen LogP contribution in [0.2, 0.25) is 0 Å². The van der Waals surface area contributed by atoms with Gasteiger partial charge in [-0.25, -0.2) is 0 Å². The van der Waals surface area contributed by atoms with Gasteiger partial charge in [-0.3, -0.25) is 4.79 Å². The Balaban J connectivity index is 2.50. The van der Waals surface area contributed by atoms with E-state index in [0.29, 0.717) is 12.8 Å². The molecule has 0 aromatic rings. The maximum absolute atomic E-state index is 12.7. The highest BCUT2D eigenvalue weighted by Gasteiger charge is 2.44. The smallest absolute Gasteiger partial charge is 0.220 e. The zero-order valence-corrected chi connectivity index (χ0v) is 26.1. The molecule has 6 N–H and O–H groups in total. The molecule has 1 saturated heterocycles. The summed E-state index contributed by atoms with van der Waals surface area (Å²) in [6, 6.07) is -0.706. The van der Waals surface area contributed by atoms with Crippen molar-refractivity contribution in [2.75, 3.05) is 13.2 Å². The highest BCUT2D eigenvalue weighted by Crippen LogP contribution is 2.23. The van der Waals surface area contributed by atoms with Crippen LogP contribution in [0, 0.1) is 0 Å². The van der Waals surface area contributed by atoms with Gasteiger partial charge in [0.05, 0.1) is 25.4 Å². The minimum Gasteiger partial charge on any atom is -0.394 e. The second-order valence-corrected chi connectivity index (χ2v) is 12.0. The van der Waals surface area contributed by atoms with Crippen molar-refractivity contribution in [2.24, 2.45) is 0 Å². The van der Waals surface area contributed by atoms with E-state index >= 15 is 0 Å². The fourth-order valence-corrected chi connectivity index (χ4v) is 5.39. The van der Waals surface area contributed by atoms with Crippen molar-refractivity contribution < 1.29 is 39.8 Å². The zero-order chi connectivity index (χ0) is 30.3. The number of carbonyl (C=O) groups excluding carboxylic acids is 1. The van der Waals surface area contributed by atoms with Crippen LogP contribution in [-0.4, -0.2) is 87.5 Å². The lowest BCUT2D eigenvalue weighted by Gasteiger charge is -2.40. The lowest BCUT2D eigenvalue weighted by molar-refractivity contribution is -0.302. The maximum Gasteiger partial charge on any atom is 0.220 e. The number of rotatable bonds is 26. The SMILES string of the molecule is CCCCCCCCCCCC[C@@H](O)[C@H](CO[C@@H]1O[C@H](CO)[C@@H](O)C(O)C1O)NC(=O)CCCCCCCCCC. The van der Waals surface area contributed by atoms with E-state index in [2.05, 4.69) is 19.2 Å². The van der Waals surface area contributed by atoms with Crippen LogP contribution in [0.4, 0.5) is 0 Å². The monoisotopic (exact) mass is 589 g/mol. The number of amides is 1. The summed E-state index contributed by atoms with van der Waals surface area (Å²) < 4.78 is 11.1. The quantitative estimate of drug-likeness (QED) is 0.0809. The second kappa shape index (κ2) is 24.6. The van der Waals surface area contributed by atoms with Gasteiger partial charge in [0.15, 0.2) is 6.29 Å². The molecule has 7 atom stereocenters. The summed E-state index contributed by atoms with van der Waals surface area (Å²) in [6.45, 7) is 3.74. The topological polar surface area (TPSA) is 149 Å². The zero-order valence-electron chi connectivity index (χ0n) is 26.1. The van der Waals surface area contributed by atoms with Gasteiger partial charge in [-0.2, -0.15) is 0 Å². The third-order valence-electron chi connectivity index (χ3n) is 8.21. The second-order valence-electron chi connectivity index (χ2n) is 12.0. The molecular formula is C32H63NO8. The van der Waals surface area contributed by atoms with Crippen LogP contribution in [0.5, 0.6) is 0 Å². The first-order valence-electron chi connectivity index (χ1n) is 16.7. The van der Waals surface area contributed by atoms with Gasteiger partial charge in [0.25, 0.3) is 0 Å². The van der Waals surface area contributed by atoms with Gasteiger partial charge < -0.3 is 40.3 Å². The average molecular weight is 590 g/mol. The van der Waals surface area contributed by atoms with Gasteiger partial charge in [0.2, 0.25) is 5.91 Å². The van der Waals surface area contributed by atoms with E-state index in [0.717, 1.165) is 38.5 Å². The van der Waals surface area contributed by atoms with E-state index in [9.17, 15) is 30.3 Å². The number of nitrogens with one attached hydrogen (secondary N) is 1. The van der Waals surface area contributed by atoms with Crippen LogP contribution in [0.3, 0.4) is 0 Å². The number of aliphatic hydroxyl groups excluding tert-OH is 5. The molecule has 0 spiro atoms. The Morgan fingerprint density at radius 2 is 1.22 bits per heavy atom. The van der Waals surface area contributed by atoms with Crippen LogP contribution in [0.1, 0.15) is 142 Å². The van der Waals surface area contributed by atoms with E-state index in [1.165, 1.54) is 77.0 Å². The third kappa shape index (κ3) is 17.2. The largest absolute Gasteiger partial charge is 0.394 e. The highest BCUT2D eigenvalue weighted by molar-refractivity contribution is 5.76. The molecule has 9 heteroatoms. The molecule has 0 aromatic heterocycles. The van der Waals surface area contributed by atoms with Crippen molar-refractivity contribution in [1.82, 2.24) is 5.32 Å². The summed E-state index contributed by atoms with van der Waals surface area (Å²) in [7, 11) is 0. The first kappa shape index (κ1) is 38.2. The molecule has 2 unspecified atom stereocenters. The summed E-state index contributed by atoms with van der Waals surface area (Å²) in [5.41, 5.74) is 0. The molecule has 1 aliphatic heterocycles. The molecule has 1 rings (SSSR count). The van der Waals surface area contributed by atoms with Crippen molar-refractivity contribution in [2.45, 2.75) is 185 Å². The van der Waals surface area contributed by atoms with Crippen LogP contribution in [0.25, 0.3) is 0 Å². The van der Waals surface area contributed by atoms with Gasteiger partial charge in [-0.15, -0.1) is 0 Å². The van der Waals surface area contributed by atoms with E-state index in [1.54, 1.807) is 0 Å². The number of aliphatic hydroxyl groups is 5. The molecule has 1 fully saturated rings. The maximum atomic E-state index is 12.7. The summed E-state index contributed by atoms with van der Waals surface area (Å²) >= 11 is 0. The van der Waals surface area contributed by atoms with E-state index < -0.39 is 49.5 Å². The highest BCUT2D eigenvalue weighted by atomic mass is 16.7. The third-order valence-corrected chi connectivity index (χ3v) is 8.21. The molecular weight excluding hydrogens is 526 g/mol. The Bertz CT molecular complexity index is 623. The van der Waals surface area contributed by atoms with Crippen LogP contribution < -0.4 is 5.32 Å². The van der Waals surface area contributed by atoms with E-state index in [1.807, 2.05) is 0 Å². The molecule has 41 heavy (non-hydrogen) atoms. The Morgan fingerprint density at radius 3 is 1.73 bits per heavy atom.